The van der Waals surface area contributed by atoms with Crippen LogP contribution in [0.5, 0.6) is 0 Å². The highest BCUT2D eigenvalue weighted by molar-refractivity contribution is 7.89. The van der Waals surface area contributed by atoms with Gasteiger partial charge >= 0.3 is 0 Å². The van der Waals surface area contributed by atoms with Crippen molar-refractivity contribution < 1.29 is 21.7 Å². The van der Waals surface area contributed by atoms with E-state index in [4.69, 9.17) is 9.66 Å². The molecule has 0 unspecified atom stereocenters. The van der Waals surface area contributed by atoms with Crippen LogP contribution in [-0.4, -0.2) is 18.6 Å². The summed E-state index contributed by atoms with van der Waals surface area (Å²) in [6.45, 7) is 0.835. The number of rotatable bonds is 4. The maximum Gasteiger partial charge on any atom is 0.240 e. The lowest BCUT2D eigenvalue weighted by molar-refractivity contribution is 0.332. The van der Waals surface area contributed by atoms with Gasteiger partial charge in [0, 0.05) is 11.1 Å². The Morgan fingerprint density at radius 2 is 2.12 bits per heavy atom. The van der Waals surface area contributed by atoms with E-state index < -0.39 is 27.4 Å². The molecule has 2 N–H and O–H groups in total. The predicted octanol–water partition coefficient (Wildman–Crippen LogP) is 3.03. The fraction of sp³-hybridized carbons (Fsp3) is 0.143. The molecule has 0 radical (unpaired) electrons. The van der Waals surface area contributed by atoms with Crippen LogP contribution in [0.4, 0.5) is 8.78 Å². The number of thiazole rings is 1. The molecular weight excluding hydrogens is 360 g/mol. The highest BCUT2D eigenvalue weighted by atomic mass is 32.2. The summed E-state index contributed by atoms with van der Waals surface area (Å²) in [7, 11) is -4.19. The van der Waals surface area contributed by atoms with Crippen LogP contribution >= 0.6 is 11.3 Å². The molecule has 10 heteroatoms. The summed E-state index contributed by atoms with van der Waals surface area (Å²) in [5.74, 6) is -1.14. The van der Waals surface area contributed by atoms with E-state index >= 15 is 0 Å². The van der Waals surface area contributed by atoms with E-state index in [1.165, 1.54) is 17.4 Å². The Labute approximate surface area is 140 Å². The highest BCUT2D eigenvalue weighted by Gasteiger charge is 2.23. The topological polar surface area (TPSA) is 99.1 Å². The molecule has 0 aliphatic rings. The van der Waals surface area contributed by atoms with Crippen LogP contribution in [0.25, 0.3) is 21.8 Å². The number of aryl methyl sites for hydroxylation is 1. The van der Waals surface area contributed by atoms with Crippen LogP contribution in [-0.2, 0) is 16.7 Å². The van der Waals surface area contributed by atoms with Gasteiger partial charge in [0.05, 0.1) is 5.56 Å². The summed E-state index contributed by atoms with van der Waals surface area (Å²) < 4.78 is 54.9. The fourth-order valence-corrected chi connectivity index (χ4v) is 3.58. The molecule has 1 aromatic carbocycles. The lowest BCUT2D eigenvalue weighted by Gasteiger charge is -2.05. The minimum Gasteiger partial charge on any atom is -0.357 e. The third-order valence-corrected chi connectivity index (χ3v) is 5.14. The Hall–Kier alpha value is -2.17. The molecule has 24 heavy (non-hydrogen) atoms. The Morgan fingerprint density at radius 3 is 2.67 bits per heavy atom. The van der Waals surface area contributed by atoms with Gasteiger partial charge in [0.25, 0.3) is 0 Å². The van der Waals surface area contributed by atoms with E-state index in [0.717, 1.165) is 17.8 Å². The second kappa shape index (κ2) is 6.04. The molecular formula is C14H11F2N3O3S2. The molecule has 0 bridgehead atoms. The molecule has 0 saturated carbocycles. The van der Waals surface area contributed by atoms with Crippen LogP contribution in [0.3, 0.4) is 0 Å². The van der Waals surface area contributed by atoms with Gasteiger partial charge in [-0.3, -0.25) is 0 Å². The Kier molecular flexibility index (Phi) is 4.20. The first-order valence-electron chi connectivity index (χ1n) is 6.61. The zero-order valence-corrected chi connectivity index (χ0v) is 13.9. The molecule has 126 valence electrons. The number of hydrogen-bond acceptors (Lipinski definition) is 6. The van der Waals surface area contributed by atoms with Crippen molar-refractivity contribution in [2.24, 2.45) is 5.14 Å². The van der Waals surface area contributed by atoms with Crippen molar-refractivity contribution in [2.75, 3.05) is 0 Å². The fourth-order valence-electron chi connectivity index (χ4n) is 2.21. The largest absolute Gasteiger partial charge is 0.357 e. The number of alkyl halides is 1. The maximum absolute atomic E-state index is 14.1. The number of nitrogens with two attached hydrogens (primary N) is 1. The van der Waals surface area contributed by atoms with Gasteiger partial charge in [-0.2, -0.15) is 0 Å². The van der Waals surface area contributed by atoms with Gasteiger partial charge in [-0.15, -0.1) is 11.3 Å². The number of halogens is 2. The van der Waals surface area contributed by atoms with E-state index in [9.17, 15) is 17.2 Å². The molecule has 0 atom stereocenters. The number of nitrogens with zero attached hydrogens (tertiary/aromatic N) is 2. The monoisotopic (exact) mass is 371 g/mol. The van der Waals surface area contributed by atoms with Gasteiger partial charge in [-0.05, 0) is 24.6 Å². The molecule has 2 aromatic heterocycles. The molecule has 0 aliphatic heterocycles. The molecule has 0 aliphatic carbocycles. The second-order valence-electron chi connectivity index (χ2n) is 4.95. The average molecular weight is 371 g/mol. The summed E-state index contributed by atoms with van der Waals surface area (Å²) in [5.41, 5.74) is 1.47. The standard InChI is InChI=1S/C14H11F2N3O3S2/c1-7-6-23-14(18-7)13-12(10(5-15)22-19-13)8-2-3-11(9(16)4-8)24(17,20)21/h2-4,6H,5H2,1H3,(H2,17,20,21). The number of hydrogen-bond donors (Lipinski definition) is 1. The van der Waals surface area contributed by atoms with Crippen molar-refractivity contribution in [1.29, 1.82) is 0 Å². The molecule has 2 heterocycles. The van der Waals surface area contributed by atoms with Crippen molar-refractivity contribution in [3.8, 4) is 21.8 Å². The number of aromatic nitrogens is 2. The molecule has 0 amide bonds. The van der Waals surface area contributed by atoms with Crippen molar-refractivity contribution in [1.82, 2.24) is 10.1 Å². The first-order chi connectivity index (χ1) is 11.3. The summed E-state index contributed by atoms with van der Waals surface area (Å²) in [4.78, 5) is 3.62. The van der Waals surface area contributed by atoms with Crippen molar-refractivity contribution in [3.05, 3.63) is 40.9 Å². The van der Waals surface area contributed by atoms with Crippen molar-refractivity contribution in [2.45, 2.75) is 18.5 Å². The van der Waals surface area contributed by atoms with Gasteiger partial charge in [-0.1, -0.05) is 11.2 Å². The van der Waals surface area contributed by atoms with Crippen LogP contribution < -0.4 is 5.14 Å². The van der Waals surface area contributed by atoms with Crippen LogP contribution in [0.2, 0.25) is 0 Å². The number of benzene rings is 1. The van der Waals surface area contributed by atoms with Crippen LogP contribution in [0.15, 0.2) is 33.0 Å². The minimum absolute atomic E-state index is 0.0967. The summed E-state index contributed by atoms with van der Waals surface area (Å²) in [5, 5.41) is 11.0. The molecule has 0 spiro atoms. The summed E-state index contributed by atoms with van der Waals surface area (Å²) in [6.07, 6.45) is 0. The Bertz CT molecular complexity index is 1010. The van der Waals surface area contributed by atoms with E-state index in [1.807, 2.05) is 0 Å². The predicted molar refractivity (Wildman–Crippen MR) is 83.9 cm³/mol. The van der Waals surface area contributed by atoms with Gasteiger partial charge in [0.15, 0.2) is 18.1 Å². The average Bonchev–Trinajstić information content (AvgIpc) is 3.11. The molecule has 6 nitrogen and oxygen atoms in total. The molecule has 0 fully saturated rings. The molecule has 3 rings (SSSR count). The van der Waals surface area contributed by atoms with E-state index in [2.05, 4.69) is 10.1 Å². The van der Waals surface area contributed by atoms with Gasteiger partial charge < -0.3 is 4.52 Å². The Balaban J connectivity index is 2.19. The maximum atomic E-state index is 14.1. The SMILES string of the molecule is Cc1csc(-c2noc(CF)c2-c2ccc(S(N)(=O)=O)c(F)c2)n1. The number of primary sulfonamides is 1. The number of sulfonamides is 1. The minimum atomic E-state index is -4.19. The first-order valence-corrected chi connectivity index (χ1v) is 9.03. The Morgan fingerprint density at radius 1 is 1.38 bits per heavy atom. The van der Waals surface area contributed by atoms with Crippen LogP contribution in [0.1, 0.15) is 11.5 Å². The normalized spacial score (nSPS) is 11.8. The zero-order chi connectivity index (χ0) is 17.5. The van der Waals surface area contributed by atoms with E-state index in [-0.39, 0.29) is 22.6 Å². The van der Waals surface area contributed by atoms with Crippen molar-refractivity contribution in [3.63, 3.8) is 0 Å². The van der Waals surface area contributed by atoms with E-state index in [1.54, 1.807) is 12.3 Å². The third kappa shape index (κ3) is 2.95. The second-order valence-corrected chi connectivity index (χ2v) is 7.34. The smallest absolute Gasteiger partial charge is 0.240 e. The lowest BCUT2D eigenvalue weighted by Crippen LogP contribution is -2.13. The highest BCUT2D eigenvalue weighted by Crippen LogP contribution is 2.37. The lowest BCUT2D eigenvalue weighted by atomic mass is 10.0. The first kappa shape index (κ1) is 16.7. The quantitative estimate of drug-likeness (QED) is 0.760. The van der Waals surface area contributed by atoms with E-state index in [0.29, 0.717) is 5.01 Å². The third-order valence-electron chi connectivity index (χ3n) is 3.23. The molecule has 0 saturated heterocycles. The van der Waals surface area contributed by atoms with Crippen molar-refractivity contribution >= 4 is 21.4 Å². The van der Waals surface area contributed by atoms with Gasteiger partial charge in [-0.25, -0.2) is 27.3 Å². The zero-order valence-electron chi connectivity index (χ0n) is 12.3. The summed E-state index contributed by atoms with van der Waals surface area (Å²) >= 11 is 1.28. The van der Waals surface area contributed by atoms with Gasteiger partial charge in [0.1, 0.15) is 15.7 Å². The summed E-state index contributed by atoms with van der Waals surface area (Å²) in [6, 6.07) is 3.29. The van der Waals surface area contributed by atoms with Crippen LogP contribution in [0, 0.1) is 12.7 Å². The molecule has 3 aromatic rings. The van der Waals surface area contributed by atoms with Gasteiger partial charge in [0.2, 0.25) is 10.0 Å².